The minimum Gasteiger partial charge on any atom is -0.481 e. The minimum absolute atomic E-state index is 0.0863. The molecule has 0 aromatic carbocycles. The molecule has 1 amide bonds. The molecule has 3 rings (SSSR count). The molecule has 0 aromatic heterocycles. The Kier molecular flexibility index (Phi) is 8.21. The van der Waals surface area contributed by atoms with Crippen LogP contribution in [0, 0.1) is 11.8 Å². The second kappa shape index (κ2) is 10.9. The highest BCUT2D eigenvalue weighted by Crippen LogP contribution is 2.27. The number of hydrogen-bond donors (Lipinski definition) is 3. The number of nitrogens with zero attached hydrogens (tertiary/aromatic N) is 1. The lowest BCUT2D eigenvalue weighted by atomic mass is 9.92. The molecule has 29 heavy (non-hydrogen) atoms. The van der Waals surface area contributed by atoms with Crippen LogP contribution in [0.4, 0.5) is 0 Å². The van der Waals surface area contributed by atoms with E-state index in [1.807, 2.05) is 0 Å². The highest BCUT2D eigenvalue weighted by molar-refractivity contribution is 5.80. The lowest BCUT2D eigenvalue weighted by Crippen LogP contribution is -2.53. The number of nitrogens with one attached hydrogen (secondary N) is 2. The van der Waals surface area contributed by atoms with E-state index in [0.717, 1.165) is 51.0 Å². The highest BCUT2D eigenvalue weighted by atomic mass is 16.5. The van der Waals surface area contributed by atoms with Gasteiger partial charge in [0.1, 0.15) is 6.23 Å². The zero-order valence-electron chi connectivity index (χ0n) is 17.7. The normalized spacial score (nSPS) is 28.4. The molecular weight excluding hydrogens is 370 g/mol. The number of likely N-dealkylation sites (tertiary alicyclic amines) is 1. The van der Waals surface area contributed by atoms with Crippen LogP contribution in [0.1, 0.15) is 71.1 Å². The van der Waals surface area contributed by atoms with E-state index in [-0.39, 0.29) is 30.4 Å². The third kappa shape index (κ3) is 6.36. The van der Waals surface area contributed by atoms with Crippen molar-refractivity contribution in [1.82, 2.24) is 15.5 Å². The third-order valence-electron chi connectivity index (χ3n) is 6.33. The first-order chi connectivity index (χ1) is 14.1. The Balaban J connectivity index is 1.62. The van der Waals surface area contributed by atoms with Crippen molar-refractivity contribution >= 4 is 11.9 Å². The Morgan fingerprint density at radius 2 is 2.03 bits per heavy atom. The average Bonchev–Trinajstić information content (AvgIpc) is 2.72. The van der Waals surface area contributed by atoms with Gasteiger partial charge in [0.2, 0.25) is 5.91 Å². The van der Waals surface area contributed by atoms with Crippen LogP contribution in [-0.4, -0.2) is 53.8 Å². The van der Waals surface area contributed by atoms with Crippen molar-refractivity contribution in [2.75, 3.05) is 19.7 Å². The van der Waals surface area contributed by atoms with Crippen molar-refractivity contribution in [1.29, 1.82) is 0 Å². The van der Waals surface area contributed by atoms with Gasteiger partial charge in [-0.1, -0.05) is 26.2 Å². The van der Waals surface area contributed by atoms with Crippen LogP contribution >= 0.6 is 0 Å². The van der Waals surface area contributed by atoms with E-state index in [9.17, 15) is 9.59 Å². The van der Waals surface area contributed by atoms with E-state index in [1.165, 1.54) is 19.3 Å². The van der Waals surface area contributed by atoms with Gasteiger partial charge in [0.25, 0.3) is 0 Å². The van der Waals surface area contributed by atoms with E-state index in [4.69, 9.17) is 9.84 Å². The van der Waals surface area contributed by atoms with E-state index in [0.29, 0.717) is 19.1 Å². The quantitative estimate of drug-likeness (QED) is 0.573. The maximum absolute atomic E-state index is 13.0. The Bertz CT molecular complexity index is 589. The van der Waals surface area contributed by atoms with Gasteiger partial charge in [0.15, 0.2) is 0 Å². The van der Waals surface area contributed by atoms with Crippen molar-refractivity contribution in [2.45, 2.75) is 83.4 Å². The Morgan fingerprint density at radius 3 is 2.76 bits per heavy atom. The van der Waals surface area contributed by atoms with Gasteiger partial charge in [0, 0.05) is 32.2 Å². The Hall–Kier alpha value is -1.76. The predicted molar refractivity (Wildman–Crippen MR) is 111 cm³/mol. The molecule has 3 aliphatic rings. The number of carbonyl (C=O) groups excluding carboxylic acids is 1. The molecule has 2 aliphatic heterocycles. The van der Waals surface area contributed by atoms with Crippen LogP contribution in [0.3, 0.4) is 0 Å². The molecule has 3 unspecified atom stereocenters. The third-order valence-corrected chi connectivity index (χ3v) is 6.33. The molecule has 0 bridgehead atoms. The topological polar surface area (TPSA) is 90.9 Å². The van der Waals surface area contributed by atoms with Crippen LogP contribution in [-0.2, 0) is 14.3 Å². The molecule has 1 saturated carbocycles. The molecule has 1 aliphatic carbocycles. The monoisotopic (exact) mass is 407 g/mol. The van der Waals surface area contributed by atoms with E-state index in [1.54, 1.807) is 0 Å². The van der Waals surface area contributed by atoms with Crippen LogP contribution < -0.4 is 10.6 Å². The van der Waals surface area contributed by atoms with Gasteiger partial charge in [-0.15, -0.1) is 0 Å². The Labute approximate surface area is 174 Å². The average molecular weight is 408 g/mol. The first-order valence-electron chi connectivity index (χ1n) is 11.4. The SMILES string of the molecule is CCCOC1NC(N2CCCC(CC(=O)O)C2)=CCC1C(=O)NC1CCCCC1. The fourth-order valence-electron chi connectivity index (χ4n) is 4.79. The molecule has 3 atom stereocenters. The van der Waals surface area contributed by atoms with Crippen molar-refractivity contribution in [3.63, 3.8) is 0 Å². The largest absolute Gasteiger partial charge is 0.481 e. The summed E-state index contributed by atoms with van der Waals surface area (Å²) in [6, 6.07) is 0.298. The number of aliphatic carboxylic acids is 1. The second-order valence-corrected chi connectivity index (χ2v) is 8.76. The number of rotatable bonds is 8. The molecule has 2 heterocycles. The fourth-order valence-corrected chi connectivity index (χ4v) is 4.79. The van der Waals surface area contributed by atoms with Gasteiger partial charge < -0.3 is 25.4 Å². The lowest BCUT2D eigenvalue weighted by molar-refractivity contribution is -0.138. The number of carboxylic acids is 1. The fraction of sp³-hybridized carbons (Fsp3) is 0.818. The first-order valence-corrected chi connectivity index (χ1v) is 11.4. The van der Waals surface area contributed by atoms with Gasteiger partial charge in [0.05, 0.1) is 11.7 Å². The van der Waals surface area contributed by atoms with Crippen LogP contribution in [0.25, 0.3) is 0 Å². The maximum Gasteiger partial charge on any atom is 0.303 e. The summed E-state index contributed by atoms with van der Waals surface area (Å²) in [4.78, 5) is 26.3. The van der Waals surface area contributed by atoms with Crippen molar-refractivity contribution in [2.24, 2.45) is 11.8 Å². The molecule has 1 saturated heterocycles. The summed E-state index contributed by atoms with van der Waals surface area (Å²) in [5, 5.41) is 15.8. The number of hydrogen-bond acceptors (Lipinski definition) is 5. The molecule has 2 fully saturated rings. The van der Waals surface area contributed by atoms with Gasteiger partial charge in [-0.2, -0.15) is 0 Å². The zero-order chi connectivity index (χ0) is 20.6. The Morgan fingerprint density at radius 1 is 1.24 bits per heavy atom. The number of ether oxygens (including phenoxy) is 1. The minimum atomic E-state index is -0.731. The van der Waals surface area contributed by atoms with Gasteiger partial charge in [-0.3, -0.25) is 9.59 Å². The molecule has 0 spiro atoms. The number of amides is 1. The number of carbonyl (C=O) groups is 2. The van der Waals surface area contributed by atoms with Crippen LogP contribution in [0.15, 0.2) is 11.9 Å². The van der Waals surface area contributed by atoms with Gasteiger partial charge in [-0.05, 0) is 50.5 Å². The van der Waals surface area contributed by atoms with E-state index < -0.39 is 5.97 Å². The predicted octanol–water partition coefficient (Wildman–Crippen LogP) is 2.83. The van der Waals surface area contributed by atoms with Crippen molar-refractivity contribution in [3.05, 3.63) is 11.9 Å². The maximum atomic E-state index is 13.0. The summed E-state index contributed by atoms with van der Waals surface area (Å²) in [6.07, 6.45) is 11.3. The smallest absolute Gasteiger partial charge is 0.303 e. The van der Waals surface area contributed by atoms with Crippen LogP contribution in [0.2, 0.25) is 0 Å². The summed E-state index contributed by atoms with van der Waals surface area (Å²) < 4.78 is 6.03. The summed E-state index contributed by atoms with van der Waals surface area (Å²) in [5.41, 5.74) is 0. The molecule has 3 N–H and O–H groups in total. The summed E-state index contributed by atoms with van der Waals surface area (Å²) in [6.45, 7) is 4.33. The molecule has 164 valence electrons. The number of carboxylic acid groups (broad SMARTS) is 1. The summed E-state index contributed by atoms with van der Waals surface area (Å²) in [7, 11) is 0. The first kappa shape index (κ1) is 21.9. The lowest BCUT2D eigenvalue weighted by Gasteiger charge is -2.41. The van der Waals surface area contributed by atoms with Gasteiger partial charge in [-0.25, -0.2) is 0 Å². The molecule has 0 aromatic rings. The summed E-state index contributed by atoms with van der Waals surface area (Å²) >= 11 is 0. The van der Waals surface area contributed by atoms with Crippen molar-refractivity contribution in [3.8, 4) is 0 Å². The van der Waals surface area contributed by atoms with Crippen LogP contribution in [0.5, 0.6) is 0 Å². The molecular formula is C22H37N3O4. The highest BCUT2D eigenvalue weighted by Gasteiger charge is 2.35. The van der Waals surface area contributed by atoms with E-state index >= 15 is 0 Å². The number of allylic oxidation sites excluding steroid dienone is 1. The number of piperidine rings is 1. The molecule has 0 radical (unpaired) electrons. The van der Waals surface area contributed by atoms with Gasteiger partial charge >= 0.3 is 5.97 Å². The standard InChI is InChI=1S/C22H37N3O4/c1-2-13-29-22-18(21(28)23-17-8-4-3-5-9-17)10-11-19(24-22)25-12-6-7-16(15-25)14-20(26)27/h11,16-18,22,24H,2-10,12-15H2,1H3,(H,23,28)(H,26,27). The molecule has 7 heteroatoms. The van der Waals surface area contributed by atoms with Crippen molar-refractivity contribution < 1.29 is 19.4 Å². The summed E-state index contributed by atoms with van der Waals surface area (Å²) in [5.74, 6) is 0.287. The second-order valence-electron chi connectivity index (χ2n) is 8.76. The molecule has 7 nitrogen and oxygen atoms in total. The zero-order valence-corrected chi connectivity index (χ0v) is 17.7. The van der Waals surface area contributed by atoms with E-state index in [2.05, 4.69) is 28.5 Å².